The van der Waals surface area contributed by atoms with Gasteiger partial charge in [0.25, 0.3) is 0 Å². The fourth-order valence-electron chi connectivity index (χ4n) is 2.34. The number of hydrogen-bond donors (Lipinski definition) is 1. The van der Waals surface area contributed by atoms with Crippen molar-refractivity contribution in [2.24, 2.45) is 5.92 Å². The Balaban J connectivity index is 2.00. The molecule has 1 aromatic rings. The highest BCUT2D eigenvalue weighted by molar-refractivity contribution is 7.71. The lowest BCUT2D eigenvalue weighted by Gasteiger charge is -2.20. The average molecular weight is 252 g/mol. The third kappa shape index (κ3) is 2.14. The number of nitrogens with zero attached hydrogens (tertiary/aromatic N) is 1. The topological polar surface area (TPSA) is 47.1 Å². The molecule has 1 aliphatic carbocycles. The van der Waals surface area contributed by atoms with Crippen LogP contribution >= 0.6 is 12.2 Å². The van der Waals surface area contributed by atoms with Gasteiger partial charge in [0.05, 0.1) is 13.2 Å². The molecule has 1 aromatic heterocycles. The molecule has 1 saturated carbocycles. The molecule has 1 N–H and O–H groups in total. The number of rotatable bonds is 3. The maximum absolute atomic E-state index is 5.54. The van der Waals surface area contributed by atoms with Crippen LogP contribution < -0.4 is 0 Å². The Labute approximate surface area is 105 Å². The van der Waals surface area contributed by atoms with Gasteiger partial charge >= 0.3 is 0 Å². The lowest BCUT2D eigenvalue weighted by molar-refractivity contribution is 0.0750. The molecule has 3 rings (SSSR count). The molecular weight excluding hydrogens is 236 g/mol. The van der Waals surface area contributed by atoms with Gasteiger partial charge in [-0.1, -0.05) is 12.2 Å². The molecule has 2 heterocycles. The van der Waals surface area contributed by atoms with Crippen LogP contribution in [0.2, 0.25) is 0 Å². The number of aromatic amines is 1. The van der Waals surface area contributed by atoms with Crippen molar-refractivity contribution >= 4 is 12.2 Å². The molecule has 5 heteroatoms. The van der Waals surface area contributed by atoms with Gasteiger partial charge in [-0.25, -0.2) is 4.98 Å². The highest BCUT2D eigenvalue weighted by Crippen LogP contribution is 2.42. The van der Waals surface area contributed by atoms with Crippen LogP contribution in [0.25, 0.3) is 0 Å². The summed E-state index contributed by atoms with van der Waals surface area (Å²) in [5.74, 6) is 1.50. The summed E-state index contributed by atoms with van der Waals surface area (Å²) in [4.78, 5) is 7.87. The molecule has 1 aliphatic heterocycles. The van der Waals surface area contributed by atoms with E-state index in [1.54, 1.807) is 7.11 Å². The number of ether oxygens (including phenoxy) is 2. The zero-order chi connectivity index (χ0) is 11.8. The van der Waals surface area contributed by atoms with E-state index in [4.69, 9.17) is 21.7 Å². The van der Waals surface area contributed by atoms with Crippen LogP contribution in [0.4, 0.5) is 0 Å². The zero-order valence-corrected chi connectivity index (χ0v) is 10.7. The second-order valence-corrected chi connectivity index (χ2v) is 5.07. The van der Waals surface area contributed by atoms with Crippen molar-refractivity contribution in [1.29, 1.82) is 0 Å². The van der Waals surface area contributed by atoms with E-state index >= 15 is 0 Å². The molecule has 0 radical (unpaired) electrons. The maximum Gasteiger partial charge on any atom is 0.137 e. The first-order valence-corrected chi connectivity index (χ1v) is 6.43. The summed E-state index contributed by atoms with van der Waals surface area (Å²) in [6, 6.07) is 0. The van der Waals surface area contributed by atoms with Gasteiger partial charge in [-0.3, -0.25) is 0 Å². The molecule has 1 atom stereocenters. The lowest BCUT2D eigenvalue weighted by Crippen LogP contribution is -2.17. The van der Waals surface area contributed by atoms with Crippen LogP contribution in [-0.2, 0) is 22.5 Å². The summed E-state index contributed by atoms with van der Waals surface area (Å²) in [5, 5.41) is 0. The Kier molecular flexibility index (Phi) is 2.98. The monoisotopic (exact) mass is 252 g/mol. The van der Waals surface area contributed by atoms with E-state index in [1.165, 1.54) is 18.5 Å². The summed E-state index contributed by atoms with van der Waals surface area (Å²) in [7, 11) is 1.74. The fourth-order valence-corrected chi connectivity index (χ4v) is 2.62. The molecule has 0 spiro atoms. The first-order chi connectivity index (χ1) is 8.29. The quantitative estimate of drug-likeness (QED) is 0.839. The average Bonchev–Trinajstić information content (AvgIpc) is 3.15. The Bertz CT molecular complexity index is 482. The van der Waals surface area contributed by atoms with Crippen LogP contribution in [0.5, 0.6) is 0 Å². The van der Waals surface area contributed by atoms with E-state index in [0.29, 0.717) is 17.2 Å². The van der Waals surface area contributed by atoms with Gasteiger partial charge in [0.1, 0.15) is 16.6 Å². The van der Waals surface area contributed by atoms with Crippen molar-refractivity contribution in [3.63, 3.8) is 0 Å². The third-order valence-electron chi connectivity index (χ3n) is 3.44. The minimum Gasteiger partial charge on any atom is -0.376 e. The number of fused-ring (bicyclic) bond motifs is 1. The molecule has 92 valence electrons. The molecule has 0 aromatic carbocycles. The molecule has 0 bridgehead atoms. The van der Waals surface area contributed by atoms with Crippen molar-refractivity contribution in [2.45, 2.75) is 32.0 Å². The van der Waals surface area contributed by atoms with E-state index in [0.717, 1.165) is 24.4 Å². The summed E-state index contributed by atoms with van der Waals surface area (Å²) < 4.78 is 11.6. The van der Waals surface area contributed by atoms with Gasteiger partial charge in [-0.2, -0.15) is 0 Å². The van der Waals surface area contributed by atoms with Crippen LogP contribution in [-0.4, -0.2) is 23.7 Å². The van der Waals surface area contributed by atoms with Crippen LogP contribution in [0.3, 0.4) is 0 Å². The maximum atomic E-state index is 5.54. The van der Waals surface area contributed by atoms with Crippen molar-refractivity contribution < 1.29 is 9.47 Å². The number of H-pyrrole nitrogens is 1. The number of hydrogen-bond acceptors (Lipinski definition) is 4. The predicted octanol–water partition coefficient (Wildman–Crippen LogP) is 2.31. The summed E-state index contributed by atoms with van der Waals surface area (Å²) in [6.07, 6.45) is 3.40. The van der Waals surface area contributed by atoms with Gasteiger partial charge in [-0.15, -0.1) is 0 Å². The van der Waals surface area contributed by atoms with Crippen molar-refractivity contribution in [1.82, 2.24) is 9.97 Å². The highest BCUT2D eigenvalue weighted by Gasteiger charge is 2.34. The molecule has 0 amide bonds. The van der Waals surface area contributed by atoms with E-state index in [-0.39, 0.29) is 6.10 Å². The number of methoxy groups -OCH3 is 1. The minimum atomic E-state index is 0.0739. The van der Waals surface area contributed by atoms with Crippen LogP contribution in [0, 0.1) is 10.6 Å². The SMILES string of the molecule is COC(c1nc(=S)c2c([nH]1)CCOC2)C1CC1. The summed E-state index contributed by atoms with van der Waals surface area (Å²) in [6.45, 7) is 1.34. The normalized spacial score (nSPS) is 21.0. The zero-order valence-electron chi connectivity index (χ0n) is 9.86. The predicted molar refractivity (Wildman–Crippen MR) is 65.3 cm³/mol. The van der Waals surface area contributed by atoms with Gasteiger partial charge in [0.2, 0.25) is 0 Å². The molecule has 0 saturated heterocycles. The number of nitrogens with one attached hydrogen (secondary N) is 1. The summed E-state index contributed by atoms with van der Waals surface area (Å²) >= 11 is 5.33. The second kappa shape index (κ2) is 4.48. The van der Waals surface area contributed by atoms with Crippen LogP contribution in [0.15, 0.2) is 0 Å². The van der Waals surface area contributed by atoms with Crippen LogP contribution in [0.1, 0.15) is 36.0 Å². The summed E-state index contributed by atoms with van der Waals surface area (Å²) in [5.41, 5.74) is 2.22. The van der Waals surface area contributed by atoms with Gasteiger partial charge in [-0.05, 0) is 18.8 Å². The Morgan fingerprint density at radius 2 is 2.35 bits per heavy atom. The third-order valence-corrected chi connectivity index (χ3v) is 3.78. The van der Waals surface area contributed by atoms with Gasteiger partial charge in [0, 0.05) is 24.8 Å². The lowest BCUT2D eigenvalue weighted by atomic mass is 10.1. The number of aromatic nitrogens is 2. The van der Waals surface area contributed by atoms with Crippen molar-refractivity contribution in [3.05, 3.63) is 21.7 Å². The molecule has 2 aliphatic rings. The molecule has 1 fully saturated rings. The Morgan fingerprint density at radius 1 is 1.53 bits per heavy atom. The first-order valence-electron chi connectivity index (χ1n) is 6.02. The van der Waals surface area contributed by atoms with E-state index < -0.39 is 0 Å². The van der Waals surface area contributed by atoms with E-state index in [9.17, 15) is 0 Å². The Hall–Kier alpha value is -0.780. The van der Waals surface area contributed by atoms with Gasteiger partial charge < -0.3 is 14.5 Å². The minimum absolute atomic E-state index is 0.0739. The van der Waals surface area contributed by atoms with Crippen molar-refractivity contribution in [2.75, 3.05) is 13.7 Å². The van der Waals surface area contributed by atoms with Crippen molar-refractivity contribution in [3.8, 4) is 0 Å². The largest absolute Gasteiger partial charge is 0.376 e. The molecule has 17 heavy (non-hydrogen) atoms. The Morgan fingerprint density at radius 3 is 3.06 bits per heavy atom. The molecule has 1 unspecified atom stereocenters. The fraction of sp³-hybridized carbons (Fsp3) is 0.667. The smallest absolute Gasteiger partial charge is 0.137 e. The standard InChI is InChI=1S/C12H16N2O2S/c1-15-10(7-2-3-7)11-13-9-4-5-16-6-8(9)12(17)14-11/h7,10H,2-6H2,1H3,(H,13,14,17). The highest BCUT2D eigenvalue weighted by atomic mass is 32.1. The first kappa shape index (κ1) is 11.3. The van der Waals surface area contributed by atoms with Gasteiger partial charge in [0.15, 0.2) is 0 Å². The molecule has 4 nitrogen and oxygen atoms in total. The van der Waals surface area contributed by atoms with E-state index in [1.807, 2.05) is 0 Å². The molecular formula is C12H16N2O2S. The van der Waals surface area contributed by atoms with E-state index in [2.05, 4.69) is 9.97 Å². The second-order valence-electron chi connectivity index (χ2n) is 4.68.